The average molecular weight is 356 g/mol. The maximum Gasteiger partial charge on any atom is 0.248 e. The second-order valence-corrected chi connectivity index (χ2v) is 7.87. The Balaban J connectivity index is 1.68. The van der Waals surface area contributed by atoms with E-state index >= 15 is 0 Å². The highest BCUT2D eigenvalue weighted by molar-refractivity contribution is 7.89. The van der Waals surface area contributed by atoms with Crippen LogP contribution in [0.25, 0.3) is 6.08 Å². The molecule has 0 heterocycles. The van der Waals surface area contributed by atoms with Crippen LogP contribution in [0.3, 0.4) is 0 Å². The van der Waals surface area contributed by atoms with Crippen LogP contribution in [0, 0.1) is 6.92 Å². The minimum Gasteiger partial charge on any atom is -0.322 e. The molecule has 1 saturated carbocycles. The normalized spacial score (nSPS) is 14.6. The highest BCUT2D eigenvalue weighted by atomic mass is 32.2. The lowest BCUT2D eigenvalue weighted by Gasteiger charge is -2.08. The molecule has 6 heteroatoms. The van der Waals surface area contributed by atoms with Gasteiger partial charge in [0.05, 0.1) is 4.90 Å². The lowest BCUT2D eigenvalue weighted by molar-refractivity contribution is -0.111. The Hall–Kier alpha value is -2.44. The van der Waals surface area contributed by atoms with Gasteiger partial charge in [-0.15, -0.1) is 0 Å². The molecule has 1 fully saturated rings. The van der Waals surface area contributed by atoms with Crippen LogP contribution in [0.15, 0.2) is 59.5 Å². The number of sulfonamides is 1. The molecule has 0 unspecified atom stereocenters. The quantitative estimate of drug-likeness (QED) is 0.781. The van der Waals surface area contributed by atoms with Gasteiger partial charge in [0.1, 0.15) is 0 Å². The van der Waals surface area contributed by atoms with Crippen molar-refractivity contribution in [3.63, 3.8) is 0 Å². The molecule has 0 bridgehead atoms. The van der Waals surface area contributed by atoms with Crippen molar-refractivity contribution in [1.82, 2.24) is 4.72 Å². The first-order chi connectivity index (χ1) is 11.9. The van der Waals surface area contributed by atoms with Crippen LogP contribution in [0.4, 0.5) is 5.69 Å². The molecule has 2 aromatic carbocycles. The van der Waals surface area contributed by atoms with Crippen LogP contribution in [-0.2, 0) is 14.8 Å². The van der Waals surface area contributed by atoms with Crippen molar-refractivity contribution in [1.29, 1.82) is 0 Å². The molecular weight excluding hydrogens is 336 g/mol. The fourth-order valence-electron chi connectivity index (χ4n) is 2.36. The van der Waals surface area contributed by atoms with Crippen molar-refractivity contribution in [3.05, 3.63) is 65.7 Å². The Morgan fingerprint density at radius 1 is 1.12 bits per heavy atom. The molecule has 1 amide bonds. The van der Waals surface area contributed by atoms with Crippen LogP contribution in [0.1, 0.15) is 24.0 Å². The van der Waals surface area contributed by atoms with Gasteiger partial charge in [-0.25, -0.2) is 13.1 Å². The van der Waals surface area contributed by atoms with E-state index in [-0.39, 0.29) is 16.8 Å². The molecule has 0 spiro atoms. The predicted octanol–water partition coefficient (Wildman–Crippen LogP) is 3.09. The van der Waals surface area contributed by atoms with Crippen LogP contribution >= 0.6 is 0 Å². The van der Waals surface area contributed by atoms with E-state index in [9.17, 15) is 13.2 Å². The van der Waals surface area contributed by atoms with Crippen LogP contribution in [0.5, 0.6) is 0 Å². The molecule has 3 rings (SSSR count). The maximum atomic E-state index is 12.2. The molecule has 1 aliphatic carbocycles. The first-order valence-corrected chi connectivity index (χ1v) is 9.59. The zero-order chi connectivity index (χ0) is 17.9. The Morgan fingerprint density at radius 2 is 1.88 bits per heavy atom. The van der Waals surface area contributed by atoms with Gasteiger partial charge in [-0.3, -0.25) is 4.79 Å². The molecule has 0 aliphatic heterocycles. The monoisotopic (exact) mass is 356 g/mol. The summed E-state index contributed by atoms with van der Waals surface area (Å²) in [6, 6.07) is 14.1. The van der Waals surface area contributed by atoms with E-state index in [1.807, 2.05) is 31.2 Å². The maximum absolute atomic E-state index is 12.2. The van der Waals surface area contributed by atoms with E-state index < -0.39 is 10.0 Å². The van der Waals surface area contributed by atoms with Gasteiger partial charge in [0.2, 0.25) is 15.9 Å². The SMILES string of the molecule is Cc1cccc(/C=C/C(=O)Nc2cccc(S(=O)(=O)NC3CC3)c2)c1. The third-order valence-corrected chi connectivity index (χ3v) is 5.30. The summed E-state index contributed by atoms with van der Waals surface area (Å²) in [4.78, 5) is 12.2. The number of benzene rings is 2. The zero-order valence-corrected chi connectivity index (χ0v) is 14.7. The fraction of sp³-hybridized carbons (Fsp3) is 0.211. The van der Waals surface area contributed by atoms with Crippen molar-refractivity contribution in [2.75, 3.05) is 5.32 Å². The Bertz CT molecular complexity index is 916. The largest absolute Gasteiger partial charge is 0.322 e. The summed E-state index contributed by atoms with van der Waals surface area (Å²) in [6.45, 7) is 1.99. The molecule has 0 aromatic heterocycles. The Kier molecular flexibility index (Phi) is 5.01. The summed E-state index contributed by atoms with van der Waals surface area (Å²) in [7, 11) is -3.53. The third-order valence-electron chi connectivity index (χ3n) is 3.78. The lowest BCUT2D eigenvalue weighted by atomic mass is 10.1. The molecule has 1 aliphatic rings. The number of carbonyl (C=O) groups excluding carboxylic acids is 1. The van der Waals surface area contributed by atoms with E-state index in [0.717, 1.165) is 24.0 Å². The standard InChI is InChI=1S/C19H20N2O3S/c1-14-4-2-5-15(12-14)8-11-19(22)20-17-6-3-7-18(13-17)25(23,24)21-16-9-10-16/h2-8,11-13,16,21H,9-10H2,1H3,(H,20,22)/b11-8+. The van der Waals surface area contributed by atoms with Crippen molar-refractivity contribution in [3.8, 4) is 0 Å². The van der Waals surface area contributed by atoms with Gasteiger partial charge in [0.25, 0.3) is 0 Å². The van der Waals surface area contributed by atoms with Gasteiger partial charge in [-0.1, -0.05) is 35.9 Å². The summed E-state index contributed by atoms with van der Waals surface area (Å²) < 4.78 is 27.1. The number of carbonyl (C=O) groups is 1. The summed E-state index contributed by atoms with van der Waals surface area (Å²) >= 11 is 0. The molecule has 2 aromatic rings. The van der Waals surface area contributed by atoms with Crippen LogP contribution < -0.4 is 10.0 Å². The van der Waals surface area contributed by atoms with Gasteiger partial charge in [0.15, 0.2) is 0 Å². The fourth-order valence-corrected chi connectivity index (χ4v) is 3.71. The summed E-state index contributed by atoms with van der Waals surface area (Å²) in [5.41, 5.74) is 2.49. The Labute approximate surface area is 147 Å². The Morgan fingerprint density at radius 3 is 2.60 bits per heavy atom. The summed E-state index contributed by atoms with van der Waals surface area (Å²) in [5.74, 6) is -0.314. The first kappa shape index (κ1) is 17.4. The number of rotatable bonds is 6. The molecule has 0 saturated heterocycles. The van der Waals surface area contributed by atoms with Gasteiger partial charge < -0.3 is 5.32 Å². The van der Waals surface area contributed by atoms with E-state index in [1.165, 1.54) is 18.2 Å². The molecular formula is C19H20N2O3S. The summed E-state index contributed by atoms with van der Waals surface area (Å²) in [5, 5.41) is 2.69. The molecule has 0 radical (unpaired) electrons. The molecule has 5 nitrogen and oxygen atoms in total. The number of hydrogen-bond donors (Lipinski definition) is 2. The zero-order valence-electron chi connectivity index (χ0n) is 13.9. The van der Waals surface area contributed by atoms with E-state index in [4.69, 9.17) is 0 Å². The molecule has 2 N–H and O–H groups in total. The number of aryl methyl sites for hydroxylation is 1. The second kappa shape index (κ2) is 7.21. The predicted molar refractivity (Wildman–Crippen MR) is 98.6 cm³/mol. The molecule has 25 heavy (non-hydrogen) atoms. The minimum atomic E-state index is -3.53. The van der Waals surface area contributed by atoms with Crippen molar-refractivity contribution >= 4 is 27.7 Å². The lowest BCUT2D eigenvalue weighted by Crippen LogP contribution is -2.25. The van der Waals surface area contributed by atoms with Gasteiger partial charge in [0, 0.05) is 17.8 Å². The average Bonchev–Trinajstić information content (AvgIpc) is 3.37. The second-order valence-electron chi connectivity index (χ2n) is 6.16. The highest BCUT2D eigenvalue weighted by Crippen LogP contribution is 2.23. The van der Waals surface area contributed by atoms with Gasteiger partial charge >= 0.3 is 0 Å². The minimum absolute atomic E-state index is 0.0421. The molecule has 130 valence electrons. The number of hydrogen-bond acceptors (Lipinski definition) is 3. The van der Waals surface area contributed by atoms with E-state index in [0.29, 0.717) is 5.69 Å². The summed E-state index contributed by atoms with van der Waals surface area (Å²) in [6.07, 6.45) is 4.90. The third kappa shape index (κ3) is 5.01. The topological polar surface area (TPSA) is 75.3 Å². The number of nitrogens with one attached hydrogen (secondary N) is 2. The number of amides is 1. The van der Waals surface area contributed by atoms with Crippen molar-refractivity contribution < 1.29 is 13.2 Å². The van der Waals surface area contributed by atoms with Crippen molar-refractivity contribution in [2.24, 2.45) is 0 Å². The van der Waals surface area contributed by atoms with E-state index in [2.05, 4.69) is 10.0 Å². The molecule has 0 atom stereocenters. The highest BCUT2D eigenvalue weighted by Gasteiger charge is 2.28. The first-order valence-electron chi connectivity index (χ1n) is 8.10. The van der Waals surface area contributed by atoms with E-state index in [1.54, 1.807) is 18.2 Å². The number of anilines is 1. The van der Waals surface area contributed by atoms with Crippen LogP contribution in [-0.4, -0.2) is 20.4 Å². The van der Waals surface area contributed by atoms with Gasteiger partial charge in [-0.05, 0) is 49.6 Å². The van der Waals surface area contributed by atoms with Gasteiger partial charge in [-0.2, -0.15) is 0 Å². The van der Waals surface area contributed by atoms with Crippen molar-refractivity contribution in [2.45, 2.75) is 30.7 Å². The van der Waals surface area contributed by atoms with Crippen LogP contribution in [0.2, 0.25) is 0 Å². The smallest absolute Gasteiger partial charge is 0.248 e.